The molecule has 2 N–H and O–H groups in total. The quantitative estimate of drug-likeness (QED) is 0.474. The Labute approximate surface area is 127 Å². The molecule has 1 rings (SSSR count). The van der Waals surface area contributed by atoms with E-state index in [2.05, 4.69) is 6.92 Å². The second-order valence-corrected chi connectivity index (χ2v) is 4.61. The minimum Gasteiger partial charge on any atom is -0.493 e. The van der Waals surface area contributed by atoms with Gasteiger partial charge in [0.25, 0.3) is 0 Å². The lowest BCUT2D eigenvalue weighted by molar-refractivity contribution is -0.132. The third-order valence-electron chi connectivity index (χ3n) is 2.99. The maximum absolute atomic E-state index is 11.0. The molecule has 0 unspecified atom stereocenters. The van der Waals surface area contributed by atoms with E-state index in [1.54, 1.807) is 13.2 Å². The third kappa shape index (κ3) is 5.80. The molecule has 114 valence electrons. The SMILES string of the molecule is CCCCC[C@H](N)c1ccc(OC(C)=O)c(OC)c1.Cl. The van der Waals surface area contributed by atoms with Crippen LogP contribution in [-0.4, -0.2) is 13.1 Å². The molecule has 0 radical (unpaired) electrons. The van der Waals surface area contributed by atoms with Gasteiger partial charge in [0.05, 0.1) is 7.11 Å². The van der Waals surface area contributed by atoms with Crippen molar-refractivity contribution in [2.45, 2.75) is 45.6 Å². The highest BCUT2D eigenvalue weighted by molar-refractivity contribution is 5.85. The summed E-state index contributed by atoms with van der Waals surface area (Å²) in [7, 11) is 1.55. The topological polar surface area (TPSA) is 61.5 Å². The number of rotatable bonds is 7. The van der Waals surface area contributed by atoms with Crippen LogP contribution in [0.25, 0.3) is 0 Å². The van der Waals surface area contributed by atoms with E-state index in [0.29, 0.717) is 11.5 Å². The Hall–Kier alpha value is -1.26. The fraction of sp³-hybridized carbons (Fsp3) is 0.533. The highest BCUT2D eigenvalue weighted by Crippen LogP contribution is 2.31. The lowest BCUT2D eigenvalue weighted by atomic mass is 10.0. The molecule has 0 heterocycles. The Bertz CT molecular complexity index is 424. The Balaban J connectivity index is 0.00000361. The summed E-state index contributed by atoms with van der Waals surface area (Å²) >= 11 is 0. The average Bonchev–Trinajstić information content (AvgIpc) is 2.38. The van der Waals surface area contributed by atoms with E-state index >= 15 is 0 Å². The molecule has 0 spiro atoms. The first-order valence-corrected chi connectivity index (χ1v) is 6.70. The molecule has 0 saturated heterocycles. The second kappa shape index (κ2) is 9.61. The molecule has 1 aromatic rings. The van der Waals surface area contributed by atoms with Crippen molar-refractivity contribution in [2.75, 3.05) is 7.11 Å². The van der Waals surface area contributed by atoms with Crippen molar-refractivity contribution in [3.05, 3.63) is 23.8 Å². The van der Waals surface area contributed by atoms with E-state index in [-0.39, 0.29) is 24.4 Å². The molecule has 5 heteroatoms. The number of benzene rings is 1. The number of nitrogens with two attached hydrogens (primary N) is 1. The first-order chi connectivity index (χ1) is 9.08. The number of ether oxygens (including phenoxy) is 2. The Morgan fingerprint density at radius 3 is 2.55 bits per heavy atom. The van der Waals surface area contributed by atoms with Crippen LogP contribution in [0.5, 0.6) is 11.5 Å². The van der Waals surface area contributed by atoms with E-state index in [1.807, 2.05) is 12.1 Å². The molecule has 0 aliphatic carbocycles. The molecule has 0 aliphatic heterocycles. The van der Waals surface area contributed by atoms with Gasteiger partial charge in [-0.25, -0.2) is 0 Å². The molecule has 0 fully saturated rings. The van der Waals surface area contributed by atoms with E-state index < -0.39 is 0 Å². The van der Waals surface area contributed by atoms with E-state index in [4.69, 9.17) is 15.2 Å². The highest BCUT2D eigenvalue weighted by atomic mass is 35.5. The summed E-state index contributed by atoms with van der Waals surface area (Å²) < 4.78 is 10.3. The molecule has 1 aromatic carbocycles. The van der Waals surface area contributed by atoms with Gasteiger partial charge < -0.3 is 15.2 Å². The first-order valence-electron chi connectivity index (χ1n) is 6.70. The molecular weight excluding hydrogens is 278 g/mol. The number of carbonyl (C=O) groups excluding carboxylic acids is 1. The predicted octanol–water partition coefficient (Wildman–Crippen LogP) is 3.62. The average molecular weight is 302 g/mol. The summed E-state index contributed by atoms with van der Waals surface area (Å²) in [5.74, 6) is 0.608. The van der Waals surface area contributed by atoms with Gasteiger partial charge in [-0.2, -0.15) is 0 Å². The maximum atomic E-state index is 11.0. The Kier molecular flexibility index (Phi) is 9.01. The number of carbonyl (C=O) groups is 1. The molecule has 1 atom stereocenters. The molecule has 0 bridgehead atoms. The maximum Gasteiger partial charge on any atom is 0.308 e. The molecule has 0 amide bonds. The van der Waals surface area contributed by atoms with Gasteiger partial charge in [0.2, 0.25) is 0 Å². The van der Waals surface area contributed by atoms with Gasteiger partial charge in [0.1, 0.15) is 0 Å². The smallest absolute Gasteiger partial charge is 0.308 e. The first kappa shape index (κ1) is 18.7. The number of halogens is 1. The molecule has 4 nitrogen and oxygen atoms in total. The summed E-state index contributed by atoms with van der Waals surface area (Å²) in [6.07, 6.45) is 4.44. The zero-order valence-electron chi connectivity index (χ0n) is 12.3. The van der Waals surface area contributed by atoms with Crippen LogP contribution in [0.1, 0.15) is 51.1 Å². The number of methoxy groups -OCH3 is 1. The van der Waals surface area contributed by atoms with Crippen LogP contribution in [0.2, 0.25) is 0 Å². The minimum atomic E-state index is -0.363. The van der Waals surface area contributed by atoms with Crippen LogP contribution in [0.15, 0.2) is 18.2 Å². The Morgan fingerprint density at radius 2 is 2.00 bits per heavy atom. The van der Waals surface area contributed by atoms with Crippen LogP contribution in [0.4, 0.5) is 0 Å². The van der Waals surface area contributed by atoms with Crippen LogP contribution >= 0.6 is 12.4 Å². The van der Waals surface area contributed by atoms with Gasteiger partial charge in [-0.1, -0.05) is 32.3 Å². The third-order valence-corrected chi connectivity index (χ3v) is 2.99. The minimum absolute atomic E-state index is 0. The van der Waals surface area contributed by atoms with Gasteiger partial charge >= 0.3 is 5.97 Å². The van der Waals surface area contributed by atoms with E-state index in [9.17, 15) is 4.79 Å². The van der Waals surface area contributed by atoms with Crippen LogP contribution < -0.4 is 15.2 Å². The number of hydrogen-bond acceptors (Lipinski definition) is 4. The summed E-state index contributed by atoms with van der Waals surface area (Å²) in [6.45, 7) is 3.53. The zero-order chi connectivity index (χ0) is 14.3. The monoisotopic (exact) mass is 301 g/mol. The van der Waals surface area contributed by atoms with E-state index in [0.717, 1.165) is 18.4 Å². The second-order valence-electron chi connectivity index (χ2n) is 4.61. The van der Waals surface area contributed by atoms with Crippen molar-refractivity contribution in [2.24, 2.45) is 5.73 Å². The number of esters is 1. The van der Waals surface area contributed by atoms with Crippen molar-refractivity contribution >= 4 is 18.4 Å². The highest BCUT2D eigenvalue weighted by Gasteiger charge is 2.12. The molecular formula is C15H24ClNO3. The van der Waals surface area contributed by atoms with Crippen LogP contribution in [0.3, 0.4) is 0 Å². The van der Waals surface area contributed by atoms with Crippen molar-refractivity contribution < 1.29 is 14.3 Å². The van der Waals surface area contributed by atoms with Crippen LogP contribution in [-0.2, 0) is 4.79 Å². The van der Waals surface area contributed by atoms with Gasteiger partial charge in [-0.3, -0.25) is 4.79 Å². The van der Waals surface area contributed by atoms with Gasteiger partial charge in [0, 0.05) is 13.0 Å². The number of hydrogen-bond donors (Lipinski definition) is 1. The van der Waals surface area contributed by atoms with Gasteiger partial charge in [-0.05, 0) is 24.1 Å². The zero-order valence-corrected chi connectivity index (χ0v) is 13.2. The summed E-state index contributed by atoms with van der Waals surface area (Å²) in [5, 5.41) is 0. The summed E-state index contributed by atoms with van der Waals surface area (Å²) in [6, 6.07) is 5.45. The molecule has 0 aliphatic rings. The largest absolute Gasteiger partial charge is 0.493 e. The van der Waals surface area contributed by atoms with Crippen molar-refractivity contribution in [3.8, 4) is 11.5 Å². The summed E-state index contributed by atoms with van der Waals surface area (Å²) in [5.41, 5.74) is 7.15. The lowest BCUT2D eigenvalue weighted by Gasteiger charge is -2.15. The molecule has 0 saturated carbocycles. The van der Waals surface area contributed by atoms with Crippen molar-refractivity contribution in [3.63, 3.8) is 0 Å². The lowest BCUT2D eigenvalue weighted by Crippen LogP contribution is -2.11. The fourth-order valence-electron chi connectivity index (χ4n) is 1.93. The molecule has 20 heavy (non-hydrogen) atoms. The standard InChI is InChI=1S/C15H23NO3.ClH/c1-4-5-6-7-13(16)12-8-9-14(19-11(2)17)15(10-12)18-3;/h8-10,13H,4-7,16H2,1-3H3;1H/t13-;/m0./s1. The fourth-order valence-corrected chi connectivity index (χ4v) is 1.93. The summed E-state index contributed by atoms with van der Waals surface area (Å²) in [4.78, 5) is 11.0. The number of unbranched alkanes of at least 4 members (excludes halogenated alkanes) is 2. The van der Waals surface area contributed by atoms with E-state index in [1.165, 1.54) is 19.8 Å². The van der Waals surface area contributed by atoms with Crippen molar-refractivity contribution in [1.82, 2.24) is 0 Å². The Morgan fingerprint density at radius 1 is 1.30 bits per heavy atom. The van der Waals surface area contributed by atoms with Gasteiger partial charge in [0.15, 0.2) is 11.5 Å². The van der Waals surface area contributed by atoms with Crippen molar-refractivity contribution in [1.29, 1.82) is 0 Å². The van der Waals surface area contributed by atoms with Crippen LogP contribution in [0, 0.1) is 0 Å². The van der Waals surface area contributed by atoms with Gasteiger partial charge in [-0.15, -0.1) is 12.4 Å². The molecule has 0 aromatic heterocycles. The normalized spacial score (nSPS) is 11.4. The predicted molar refractivity (Wildman–Crippen MR) is 82.6 cm³/mol.